The second-order valence-corrected chi connectivity index (χ2v) is 4.19. The monoisotopic (exact) mass is 279 g/mol. The molecule has 0 atom stereocenters. The van der Waals surface area contributed by atoms with Crippen LogP contribution in [0.3, 0.4) is 0 Å². The molecule has 0 unspecified atom stereocenters. The van der Waals surface area contributed by atoms with Gasteiger partial charge in [0.15, 0.2) is 6.73 Å². The van der Waals surface area contributed by atoms with Crippen molar-refractivity contribution in [3.63, 3.8) is 0 Å². The predicted molar refractivity (Wildman–Crippen MR) is 72.3 cm³/mol. The van der Waals surface area contributed by atoms with Crippen LogP contribution in [0, 0.1) is 0 Å². The Bertz CT molecular complexity index is 569. The molecule has 1 aromatic carbocycles. The molecule has 1 N–H and O–H groups in total. The van der Waals surface area contributed by atoms with Gasteiger partial charge in [0.1, 0.15) is 11.4 Å². The maximum absolute atomic E-state index is 11.8. The van der Waals surface area contributed by atoms with E-state index in [1.54, 1.807) is 24.4 Å². The number of carbonyl (C=O) groups is 1. The van der Waals surface area contributed by atoms with Crippen molar-refractivity contribution in [2.24, 2.45) is 0 Å². The van der Waals surface area contributed by atoms with E-state index in [-0.39, 0.29) is 12.6 Å². The summed E-state index contributed by atoms with van der Waals surface area (Å²) in [6.07, 6.45) is 1.56. The summed E-state index contributed by atoms with van der Waals surface area (Å²) in [5.41, 5.74) is 0.453. The third kappa shape index (κ3) is 3.26. The van der Waals surface area contributed by atoms with Crippen molar-refractivity contribution < 1.29 is 9.53 Å². The average Bonchev–Trinajstić information content (AvgIpc) is 2.86. The normalized spacial score (nSPS) is 10.2. The van der Waals surface area contributed by atoms with Crippen LogP contribution in [-0.2, 0) is 6.73 Å². The summed E-state index contributed by atoms with van der Waals surface area (Å²) in [5, 5.41) is 7.29. The second kappa shape index (κ2) is 6.24. The highest BCUT2D eigenvalue weighted by atomic mass is 35.5. The van der Waals surface area contributed by atoms with E-state index < -0.39 is 0 Å². The van der Waals surface area contributed by atoms with Gasteiger partial charge in [-0.2, -0.15) is 5.10 Å². The molecule has 19 heavy (non-hydrogen) atoms. The molecule has 100 valence electrons. The number of amides is 1. The topological polar surface area (TPSA) is 56.2 Å². The van der Waals surface area contributed by atoms with E-state index in [4.69, 9.17) is 16.3 Å². The summed E-state index contributed by atoms with van der Waals surface area (Å²) in [6.45, 7) is 2.55. The van der Waals surface area contributed by atoms with Crippen LogP contribution in [0.25, 0.3) is 0 Å². The fourth-order valence-electron chi connectivity index (χ4n) is 1.57. The minimum absolute atomic E-state index is 0.128. The first-order valence-electron chi connectivity index (χ1n) is 5.89. The smallest absolute Gasteiger partial charge is 0.269 e. The van der Waals surface area contributed by atoms with Crippen molar-refractivity contribution in [1.29, 1.82) is 0 Å². The first kappa shape index (κ1) is 13.4. The second-order valence-electron chi connectivity index (χ2n) is 3.78. The summed E-state index contributed by atoms with van der Waals surface area (Å²) < 4.78 is 7.02. The number of halogens is 1. The first-order valence-corrected chi connectivity index (χ1v) is 6.27. The molecule has 2 rings (SSSR count). The molecule has 0 aliphatic heterocycles. The van der Waals surface area contributed by atoms with Crippen molar-refractivity contribution in [2.75, 3.05) is 6.54 Å². The number of ether oxygens (including phenoxy) is 1. The molecular weight excluding hydrogens is 266 g/mol. The lowest BCUT2D eigenvalue weighted by Crippen LogP contribution is -2.26. The van der Waals surface area contributed by atoms with E-state index in [0.717, 1.165) is 0 Å². The molecule has 2 aromatic rings. The lowest BCUT2D eigenvalue weighted by Gasteiger charge is -2.10. The molecule has 0 radical (unpaired) electrons. The van der Waals surface area contributed by atoms with Gasteiger partial charge in [-0.15, -0.1) is 0 Å². The van der Waals surface area contributed by atoms with Crippen LogP contribution < -0.4 is 10.1 Å². The van der Waals surface area contributed by atoms with Crippen LogP contribution in [0.4, 0.5) is 0 Å². The van der Waals surface area contributed by atoms with E-state index in [1.165, 1.54) is 4.68 Å². The van der Waals surface area contributed by atoms with Crippen LogP contribution in [0.2, 0.25) is 5.02 Å². The number of nitrogens with one attached hydrogen (secondary N) is 1. The largest absolute Gasteiger partial charge is 0.470 e. The van der Waals surface area contributed by atoms with E-state index in [1.807, 2.05) is 19.1 Å². The van der Waals surface area contributed by atoms with Gasteiger partial charge in [-0.25, -0.2) is 4.68 Å². The van der Waals surface area contributed by atoms with Crippen molar-refractivity contribution in [1.82, 2.24) is 15.1 Å². The van der Waals surface area contributed by atoms with Crippen LogP contribution in [0.15, 0.2) is 36.5 Å². The van der Waals surface area contributed by atoms with Crippen molar-refractivity contribution in [3.8, 4) is 5.75 Å². The minimum atomic E-state index is -0.178. The Morgan fingerprint density at radius 3 is 2.95 bits per heavy atom. The quantitative estimate of drug-likeness (QED) is 0.914. The van der Waals surface area contributed by atoms with Gasteiger partial charge in [0.25, 0.3) is 5.91 Å². The molecule has 0 aliphatic rings. The van der Waals surface area contributed by atoms with Crippen molar-refractivity contribution in [2.45, 2.75) is 13.7 Å². The zero-order chi connectivity index (χ0) is 13.7. The zero-order valence-corrected chi connectivity index (χ0v) is 11.2. The molecule has 0 saturated carbocycles. The number of para-hydroxylation sites is 1. The average molecular weight is 280 g/mol. The summed E-state index contributed by atoms with van der Waals surface area (Å²) in [4.78, 5) is 11.8. The van der Waals surface area contributed by atoms with Crippen molar-refractivity contribution >= 4 is 17.5 Å². The first-order chi connectivity index (χ1) is 9.22. The third-order valence-corrected chi connectivity index (χ3v) is 2.78. The number of benzene rings is 1. The fourth-order valence-corrected chi connectivity index (χ4v) is 1.76. The van der Waals surface area contributed by atoms with Gasteiger partial charge in [0.05, 0.1) is 5.02 Å². The molecule has 0 bridgehead atoms. The molecule has 5 nitrogen and oxygen atoms in total. The van der Waals surface area contributed by atoms with Gasteiger partial charge in [-0.1, -0.05) is 23.7 Å². The van der Waals surface area contributed by atoms with Crippen molar-refractivity contribution in [3.05, 3.63) is 47.2 Å². The molecule has 0 fully saturated rings. The number of hydrogen-bond donors (Lipinski definition) is 1. The van der Waals surface area contributed by atoms with E-state index in [2.05, 4.69) is 10.4 Å². The van der Waals surface area contributed by atoms with Gasteiger partial charge in [-0.3, -0.25) is 4.79 Å². The number of carbonyl (C=O) groups excluding carboxylic acids is 1. The van der Waals surface area contributed by atoms with Gasteiger partial charge < -0.3 is 10.1 Å². The molecule has 6 heteroatoms. The Morgan fingerprint density at radius 1 is 1.42 bits per heavy atom. The fraction of sp³-hybridized carbons (Fsp3) is 0.231. The Hall–Kier alpha value is -2.01. The summed E-state index contributed by atoms with van der Waals surface area (Å²) >= 11 is 5.98. The Morgan fingerprint density at radius 2 is 2.21 bits per heavy atom. The van der Waals surface area contributed by atoms with Crippen LogP contribution in [-0.4, -0.2) is 22.2 Å². The number of aromatic nitrogens is 2. The molecule has 1 amide bonds. The number of rotatable bonds is 5. The molecule has 0 saturated heterocycles. The lowest BCUT2D eigenvalue weighted by molar-refractivity contribution is 0.0934. The summed E-state index contributed by atoms with van der Waals surface area (Å²) in [7, 11) is 0. The SMILES string of the molecule is CCNC(=O)c1ccnn1COc1ccccc1Cl. The van der Waals surface area contributed by atoms with Gasteiger partial charge in [0, 0.05) is 12.7 Å². The van der Waals surface area contributed by atoms with Crippen LogP contribution >= 0.6 is 11.6 Å². The highest BCUT2D eigenvalue weighted by Gasteiger charge is 2.11. The Kier molecular flexibility index (Phi) is 4.41. The number of nitrogens with zero attached hydrogens (tertiary/aromatic N) is 2. The minimum Gasteiger partial charge on any atom is -0.470 e. The molecule has 1 heterocycles. The molecule has 0 spiro atoms. The van der Waals surface area contributed by atoms with E-state index in [0.29, 0.717) is 23.0 Å². The van der Waals surface area contributed by atoms with Gasteiger partial charge in [0.2, 0.25) is 0 Å². The maximum atomic E-state index is 11.8. The van der Waals surface area contributed by atoms with E-state index in [9.17, 15) is 4.79 Å². The maximum Gasteiger partial charge on any atom is 0.269 e. The highest BCUT2D eigenvalue weighted by Crippen LogP contribution is 2.23. The Labute approximate surface area is 116 Å². The van der Waals surface area contributed by atoms with Gasteiger partial charge in [-0.05, 0) is 25.1 Å². The molecular formula is C13H14ClN3O2. The van der Waals surface area contributed by atoms with Crippen LogP contribution in [0.5, 0.6) is 5.75 Å². The third-order valence-electron chi connectivity index (χ3n) is 2.47. The Balaban J connectivity index is 2.06. The highest BCUT2D eigenvalue weighted by molar-refractivity contribution is 6.32. The van der Waals surface area contributed by atoms with Gasteiger partial charge >= 0.3 is 0 Å². The molecule has 1 aromatic heterocycles. The number of hydrogen-bond acceptors (Lipinski definition) is 3. The summed E-state index contributed by atoms with van der Waals surface area (Å²) in [6, 6.07) is 8.79. The van der Waals surface area contributed by atoms with E-state index >= 15 is 0 Å². The molecule has 0 aliphatic carbocycles. The summed E-state index contributed by atoms with van der Waals surface area (Å²) in [5.74, 6) is 0.379. The predicted octanol–water partition coefficient (Wildman–Crippen LogP) is 2.32. The lowest BCUT2D eigenvalue weighted by atomic mass is 10.3. The zero-order valence-electron chi connectivity index (χ0n) is 10.5. The van der Waals surface area contributed by atoms with Crippen LogP contribution in [0.1, 0.15) is 17.4 Å². The standard InChI is InChI=1S/C13H14ClN3O2/c1-2-15-13(18)11-7-8-16-17(11)9-19-12-6-4-3-5-10(12)14/h3-8H,2,9H2,1H3,(H,15,18).